The van der Waals surface area contributed by atoms with Crippen molar-refractivity contribution in [3.05, 3.63) is 36.4 Å². The summed E-state index contributed by atoms with van der Waals surface area (Å²) < 4.78 is 24.6. The van der Waals surface area contributed by atoms with E-state index in [0.29, 0.717) is 5.75 Å². The summed E-state index contributed by atoms with van der Waals surface area (Å²) in [5, 5.41) is 0. The van der Waals surface area contributed by atoms with Gasteiger partial charge in [-0.3, -0.25) is 0 Å². The summed E-state index contributed by atoms with van der Waals surface area (Å²) in [6.45, 7) is 3.56. The van der Waals surface area contributed by atoms with Gasteiger partial charge in [0.1, 0.15) is 17.1 Å². The van der Waals surface area contributed by atoms with Gasteiger partial charge in [0, 0.05) is 0 Å². The molecule has 1 unspecified atom stereocenters. The van der Waals surface area contributed by atoms with Crippen molar-refractivity contribution in [3.63, 3.8) is 0 Å². The smallest absolute Gasteiger partial charge is 1.00 e. The molecule has 0 heterocycles. The van der Waals surface area contributed by atoms with Crippen molar-refractivity contribution in [1.82, 2.24) is 0 Å². The first-order chi connectivity index (χ1) is 5.72. The van der Waals surface area contributed by atoms with Crippen LogP contribution in [0.15, 0.2) is 30.8 Å². The zero-order chi connectivity index (χ0) is 8.97. The van der Waals surface area contributed by atoms with E-state index in [-0.39, 0.29) is 25.9 Å². The molecule has 0 saturated carbocycles. The fourth-order valence-electron chi connectivity index (χ4n) is 0.738. The SMILES string of the molecule is C=Cc1ccc(OS(=O)[O-])cc1.[H-].[H-].[Mg+2]. The van der Waals surface area contributed by atoms with Gasteiger partial charge in [-0.2, -0.15) is 0 Å². The van der Waals surface area contributed by atoms with Crippen molar-refractivity contribution >= 4 is 40.5 Å². The second-order valence-electron chi connectivity index (χ2n) is 2.06. The molecule has 0 radical (unpaired) electrons. The number of rotatable bonds is 3. The van der Waals surface area contributed by atoms with E-state index in [2.05, 4.69) is 10.8 Å². The van der Waals surface area contributed by atoms with Crippen LogP contribution >= 0.6 is 0 Å². The van der Waals surface area contributed by atoms with Crippen LogP contribution in [0.5, 0.6) is 5.75 Å². The summed E-state index contributed by atoms with van der Waals surface area (Å²) in [4.78, 5) is 0. The fourth-order valence-corrected chi connectivity index (χ4v) is 1.01. The van der Waals surface area contributed by atoms with Crippen molar-refractivity contribution < 1.29 is 15.8 Å². The monoisotopic (exact) mass is 209 g/mol. The average Bonchev–Trinajstić information content (AvgIpc) is 2.05. The Bertz CT molecular complexity index is 305. The topological polar surface area (TPSA) is 49.4 Å². The molecular formula is C8H9MgO3S-. The number of hydrogen-bond donors (Lipinski definition) is 0. The summed E-state index contributed by atoms with van der Waals surface area (Å²) in [6, 6.07) is 6.56. The molecule has 0 saturated heterocycles. The molecule has 1 atom stereocenters. The second kappa shape index (κ2) is 6.15. The third kappa shape index (κ3) is 4.42. The molecule has 0 spiro atoms. The van der Waals surface area contributed by atoms with E-state index in [1.54, 1.807) is 30.3 Å². The molecule has 1 rings (SSSR count). The molecule has 0 amide bonds. The van der Waals surface area contributed by atoms with Gasteiger partial charge in [0.2, 0.25) is 0 Å². The van der Waals surface area contributed by atoms with Gasteiger partial charge < -0.3 is 11.6 Å². The van der Waals surface area contributed by atoms with Crippen molar-refractivity contribution in [1.29, 1.82) is 0 Å². The van der Waals surface area contributed by atoms with Crippen molar-refractivity contribution in [2.75, 3.05) is 0 Å². The Kier molecular flexibility index (Phi) is 5.97. The maximum Gasteiger partial charge on any atom is 2.00 e. The van der Waals surface area contributed by atoms with Crippen LogP contribution in [0, 0.1) is 0 Å². The Labute approximate surface area is 98.4 Å². The molecule has 0 aliphatic carbocycles. The van der Waals surface area contributed by atoms with Gasteiger partial charge in [-0.05, 0) is 17.7 Å². The van der Waals surface area contributed by atoms with Crippen LogP contribution in [0.25, 0.3) is 6.08 Å². The van der Waals surface area contributed by atoms with E-state index in [9.17, 15) is 8.76 Å². The van der Waals surface area contributed by atoms with Crippen LogP contribution < -0.4 is 4.18 Å². The van der Waals surface area contributed by atoms with Crippen LogP contribution in [-0.4, -0.2) is 31.8 Å². The molecule has 3 nitrogen and oxygen atoms in total. The van der Waals surface area contributed by atoms with Crippen molar-refractivity contribution in [3.8, 4) is 5.75 Å². The van der Waals surface area contributed by atoms with E-state index < -0.39 is 11.4 Å². The molecule has 68 valence electrons. The fraction of sp³-hybridized carbons (Fsp3) is 0. The van der Waals surface area contributed by atoms with E-state index >= 15 is 0 Å². The van der Waals surface area contributed by atoms with Gasteiger partial charge in [-0.15, -0.1) is 0 Å². The second-order valence-corrected chi connectivity index (χ2v) is 2.64. The molecule has 0 aliphatic heterocycles. The minimum Gasteiger partial charge on any atom is -1.00 e. The molecule has 1 aromatic rings. The molecule has 0 fully saturated rings. The molecule has 0 N–H and O–H groups in total. The van der Waals surface area contributed by atoms with Crippen LogP contribution in [0.2, 0.25) is 0 Å². The zero-order valence-corrected chi connectivity index (χ0v) is 9.16. The quantitative estimate of drug-likeness (QED) is 0.558. The average molecular weight is 210 g/mol. The van der Waals surface area contributed by atoms with Crippen molar-refractivity contribution in [2.45, 2.75) is 0 Å². The minimum absolute atomic E-state index is 0. The maximum atomic E-state index is 10.1. The van der Waals surface area contributed by atoms with Crippen LogP contribution in [0.4, 0.5) is 0 Å². The summed E-state index contributed by atoms with van der Waals surface area (Å²) in [6.07, 6.45) is 1.66. The normalized spacial score (nSPS) is 11.2. The first kappa shape index (κ1) is 12.6. The summed E-state index contributed by atoms with van der Waals surface area (Å²) in [7, 11) is 0. The predicted molar refractivity (Wildman–Crippen MR) is 54.1 cm³/mol. The molecule has 1 aromatic carbocycles. The van der Waals surface area contributed by atoms with Gasteiger partial charge >= 0.3 is 23.1 Å². The molecule has 5 heteroatoms. The van der Waals surface area contributed by atoms with Crippen LogP contribution in [0.3, 0.4) is 0 Å². The first-order valence-corrected chi connectivity index (χ1v) is 4.22. The third-order valence-corrected chi connectivity index (χ3v) is 1.61. The maximum absolute atomic E-state index is 10.1. The Morgan fingerprint density at radius 2 is 2.00 bits per heavy atom. The van der Waals surface area contributed by atoms with E-state index in [1.165, 1.54) is 0 Å². The Morgan fingerprint density at radius 1 is 1.46 bits per heavy atom. The minimum atomic E-state index is -2.50. The Hall–Kier alpha value is -0.364. The summed E-state index contributed by atoms with van der Waals surface area (Å²) in [5.74, 6) is 0.300. The van der Waals surface area contributed by atoms with E-state index in [1.807, 2.05) is 0 Å². The van der Waals surface area contributed by atoms with Crippen molar-refractivity contribution in [2.24, 2.45) is 0 Å². The standard InChI is InChI=1S/C8H8O3S.Mg.2H/c1-2-7-3-5-8(6-4-7)11-12(9)10;;;/h2-6H,1H2,(H,9,10);;;/q;+2;2*-1/p-1. The van der Waals surface area contributed by atoms with Gasteiger partial charge in [0.05, 0.1) is 0 Å². The Morgan fingerprint density at radius 3 is 2.38 bits per heavy atom. The van der Waals surface area contributed by atoms with Gasteiger partial charge in [-0.25, -0.2) is 4.21 Å². The molecule has 0 aromatic heterocycles. The molecular weight excluding hydrogens is 200 g/mol. The predicted octanol–water partition coefficient (Wildman–Crippen LogP) is 1.35. The summed E-state index contributed by atoms with van der Waals surface area (Å²) >= 11 is -2.50. The van der Waals surface area contributed by atoms with E-state index in [4.69, 9.17) is 0 Å². The number of hydrogen-bond acceptors (Lipinski definition) is 3. The van der Waals surface area contributed by atoms with Crippen LogP contribution in [-0.2, 0) is 11.4 Å². The zero-order valence-electron chi connectivity index (χ0n) is 8.93. The number of benzene rings is 1. The third-order valence-electron chi connectivity index (χ3n) is 1.28. The molecule has 0 bridgehead atoms. The van der Waals surface area contributed by atoms with E-state index in [0.717, 1.165) is 5.56 Å². The van der Waals surface area contributed by atoms with Gasteiger partial charge in [0.15, 0.2) is 0 Å². The Balaban J connectivity index is -0.000000480. The first-order valence-electron chi connectivity index (χ1n) is 3.22. The van der Waals surface area contributed by atoms with Gasteiger partial charge in [-0.1, -0.05) is 24.8 Å². The largest absolute Gasteiger partial charge is 2.00 e. The molecule has 13 heavy (non-hydrogen) atoms. The molecule has 0 aliphatic rings. The summed E-state index contributed by atoms with van der Waals surface area (Å²) in [5.41, 5.74) is 0.916. The van der Waals surface area contributed by atoms with Gasteiger partial charge in [0.25, 0.3) is 0 Å². The van der Waals surface area contributed by atoms with Crippen LogP contribution in [0.1, 0.15) is 8.42 Å².